The van der Waals surface area contributed by atoms with Gasteiger partial charge in [0.05, 0.1) is 25.3 Å². The van der Waals surface area contributed by atoms with Crippen LogP contribution >= 0.6 is 0 Å². The lowest BCUT2D eigenvalue weighted by Crippen LogP contribution is -2.47. The van der Waals surface area contributed by atoms with E-state index in [-0.39, 0.29) is 31.2 Å². The molecular formula is C26H29FN4O2. The van der Waals surface area contributed by atoms with E-state index >= 15 is 0 Å². The van der Waals surface area contributed by atoms with E-state index in [2.05, 4.69) is 41.3 Å². The Balaban J connectivity index is 1.56. The van der Waals surface area contributed by atoms with Crippen LogP contribution in [0.4, 0.5) is 4.39 Å². The van der Waals surface area contributed by atoms with Gasteiger partial charge in [0, 0.05) is 18.3 Å². The van der Waals surface area contributed by atoms with Gasteiger partial charge in [-0.2, -0.15) is 0 Å². The van der Waals surface area contributed by atoms with Crippen LogP contribution in [0.5, 0.6) is 0 Å². The summed E-state index contributed by atoms with van der Waals surface area (Å²) in [6.07, 6.45) is 1.86. The minimum atomic E-state index is -1.23. The third kappa shape index (κ3) is 5.30. The van der Waals surface area contributed by atoms with Crippen molar-refractivity contribution in [3.05, 3.63) is 89.5 Å². The van der Waals surface area contributed by atoms with Gasteiger partial charge in [-0.15, -0.1) is 0 Å². The van der Waals surface area contributed by atoms with E-state index in [4.69, 9.17) is 0 Å². The number of H-pyrrole nitrogens is 1. The van der Waals surface area contributed by atoms with Crippen molar-refractivity contribution in [1.29, 1.82) is 0 Å². The van der Waals surface area contributed by atoms with E-state index in [1.165, 1.54) is 16.8 Å². The first-order valence-electron chi connectivity index (χ1n) is 11.3. The molecule has 1 aliphatic heterocycles. The quantitative estimate of drug-likeness (QED) is 0.575. The maximum Gasteiger partial charge on any atom is 0.243 e. The normalized spacial score (nSPS) is 19.0. The van der Waals surface area contributed by atoms with Crippen molar-refractivity contribution in [3.8, 4) is 0 Å². The molecule has 0 unspecified atom stereocenters. The fraction of sp³-hybridized carbons (Fsp3) is 0.346. The van der Waals surface area contributed by atoms with E-state index in [9.17, 15) is 14.0 Å². The largest absolute Gasteiger partial charge is 0.348 e. The standard InChI is InChI=1S/C26H29FN4O2/c1-17(2)18-8-10-20(11-9-18)25(19-6-4-3-5-7-19)30-26(33)23-12-21(27)15-31(23)24(32)13-22-14-28-16-29-22/h3-11,14,16-17,21,23,25H,12-13,15H2,1-2H3,(H,28,29)(H,30,33)/t21-,23+,25+/m1/s1. The Morgan fingerprint density at radius 1 is 1.09 bits per heavy atom. The fourth-order valence-corrected chi connectivity index (χ4v) is 4.27. The zero-order valence-corrected chi connectivity index (χ0v) is 18.9. The number of nitrogens with zero attached hydrogens (tertiary/aromatic N) is 2. The van der Waals surface area contributed by atoms with Crippen LogP contribution in [0.1, 0.15) is 54.6 Å². The highest BCUT2D eigenvalue weighted by molar-refractivity contribution is 5.89. The smallest absolute Gasteiger partial charge is 0.243 e. The average Bonchev–Trinajstić information content (AvgIpc) is 3.47. The second kappa shape index (κ2) is 9.98. The molecular weight excluding hydrogens is 419 g/mol. The van der Waals surface area contributed by atoms with Gasteiger partial charge in [-0.05, 0) is 22.6 Å². The summed E-state index contributed by atoms with van der Waals surface area (Å²) in [4.78, 5) is 34.3. The zero-order chi connectivity index (χ0) is 23.4. The second-order valence-electron chi connectivity index (χ2n) is 8.82. The van der Waals surface area contributed by atoms with Gasteiger partial charge in [0.1, 0.15) is 12.2 Å². The average molecular weight is 449 g/mol. The number of imidazole rings is 1. The van der Waals surface area contributed by atoms with E-state index in [1.54, 1.807) is 6.20 Å². The predicted octanol–water partition coefficient (Wildman–Crippen LogP) is 3.92. The van der Waals surface area contributed by atoms with E-state index in [0.717, 1.165) is 11.1 Å². The monoisotopic (exact) mass is 448 g/mol. The summed E-state index contributed by atoms with van der Waals surface area (Å²) in [6, 6.07) is 16.6. The van der Waals surface area contributed by atoms with Gasteiger partial charge in [-0.25, -0.2) is 9.37 Å². The summed E-state index contributed by atoms with van der Waals surface area (Å²) in [6.45, 7) is 4.19. The molecule has 1 fully saturated rings. The number of nitrogens with one attached hydrogen (secondary N) is 2. The number of amides is 2. The summed E-state index contributed by atoms with van der Waals surface area (Å²) >= 11 is 0. The molecule has 172 valence electrons. The Kier molecular flexibility index (Phi) is 6.87. The molecule has 1 aromatic heterocycles. The molecule has 0 aliphatic carbocycles. The first-order chi connectivity index (χ1) is 15.9. The predicted molar refractivity (Wildman–Crippen MR) is 124 cm³/mol. The second-order valence-corrected chi connectivity index (χ2v) is 8.82. The van der Waals surface area contributed by atoms with Gasteiger partial charge in [-0.3, -0.25) is 9.59 Å². The highest BCUT2D eigenvalue weighted by Gasteiger charge is 2.40. The van der Waals surface area contributed by atoms with Crippen molar-refractivity contribution in [2.24, 2.45) is 0 Å². The molecule has 1 saturated heterocycles. The van der Waals surface area contributed by atoms with Gasteiger partial charge in [0.25, 0.3) is 0 Å². The van der Waals surface area contributed by atoms with Crippen molar-refractivity contribution >= 4 is 11.8 Å². The Morgan fingerprint density at radius 2 is 1.76 bits per heavy atom. The molecule has 0 saturated carbocycles. The molecule has 33 heavy (non-hydrogen) atoms. The molecule has 6 nitrogen and oxygen atoms in total. The molecule has 0 bridgehead atoms. The number of aromatic amines is 1. The van der Waals surface area contributed by atoms with Crippen molar-refractivity contribution < 1.29 is 14.0 Å². The lowest BCUT2D eigenvalue weighted by molar-refractivity contribution is -0.138. The first kappa shape index (κ1) is 22.7. The minimum absolute atomic E-state index is 0.00561. The topological polar surface area (TPSA) is 78.1 Å². The van der Waals surface area contributed by atoms with Gasteiger partial charge in [-0.1, -0.05) is 68.4 Å². The molecule has 1 aliphatic rings. The van der Waals surface area contributed by atoms with Crippen LogP contribution in [0, 0.1) is 0 Å². The van der Waals surface area contributed by atoms with Crippen molar-refractivity contribution in [2.75, 3.05) is 6.54 Å². The number of rotatable bonds is 7. The number of aromatic nitrogens is 2. The highest BCUT2D eigenvalue weighted by atomic mass is 19.1. The number of hydrogen-bond acceptors (Lipinski definition) is 3. The third-order valence-corrected chi connectivity index (χ3v) is 6.13. The van der Waals surface area contributed by atoms with E-state index < -0.39 is 18.3 Å². The fourth-order valence-electron chi connectivity index (χ4n) is 4.27. The molecule has 2 heterocycles. The van der Waals surface area contributed by atoms with Crippen LogP contribution < -0.4 is 5.32 Å². The third-order valence-electron chi connectivity index (χ3n) is 6.13. The number of benzene rings is 2. The summed E-state index contributed by atoms with van der Waals surface area (Å²) in [5.74, 6) is -0.245. The summed E-state index contributed by atoms with van der Waals surface area (Å²) in [5, 5.41) is 3.08. The number of carbonyl (C=O) groups excluding carboxylic acids is 2. The Labute approximate surface area is 193 Å². The van der Waals surface area contributed by atoms with Gasteiger partial charge in [0.2, 0.25) is 11.8 Å². The SMILES string of the molecule is CC(C)c1ccc([C@@H](NC(=O)[C@@H]2C[C@@H](F)CN2C(=O)Cc2cnc[nH]2)c2ccccc2)cc1. The van der Waals surface area contributed by atoms with Crippen LogP contribution in [-0.2, 0) is 16.0 Å². The molecule has 0 spiro atoms. The van der Waals surface area contributed by atoms with Crippen LogP contribution in [0.3, 0.4) is 0 Å². The van der Waals surface area contributed by atoms with Gasteiger partial charge in [0.15, 0.2) is 0 Å². The van der Waals surface area contributed by atoms with Crippen molar-refractivity contribution in [2.45, 2.75) is 50.9 Å². The molecule has 2 N–H and O–H groups in total. The zero-order valence-electron chi connectivity index (χ0n) is 18.9. The summed E-state index contributed by atoms with van der Waals surface area (Å²) < 4.78 is 14.3. The molecule has 2 aromatic carbocycles. The number of halogens is 1. The van der Waals surface area contributed by atoms with Crippen LogP contribution in [0.2, 0.25) is 0 Å². The number of likely N-dealkylation sites (tertiary alicyclic amines) is 1. The van der Waals surface area contributed by atoms with Crippen LogP contribution in [-0.4, -0.2) is 45.4 Å². The van der Waals surface area contributed by atoms with E-state index in [0.29, 0.717) is 11.6 Å². The lowest BCUT2D eigenvalue weighted by Gasteiger charge is -2.27. The maximum absolute atomic E-state index is 14.3. The minimum Gasteiger partial charge on any atom is -0.348 e. The first-order valence-corrected chi connectivity index (χ1v) is 11.3. The molecule has 3 aromatic rings. The Morgan fingerprint density at radius 3 is 2.39 bits per heavy atom. The molecule has 3 atom stereocenters. The molecule has 0 radical (unpaired) electrons. The number of alkyl halides is 1. The number of carbonyl (C=O) groups is 2. The molecule has 2 amide bonds. The van der Waals surface area contributed by atoms with Crippen LogP contribution in [0.25, 0.3) is 0 Å². The Bertz CT molecular complexity index is 1070. The number of hydrogen-bond donors (Lipinski definition) is 2. The highest BCUT2D eigenvalue weighted by Crippen LogP contribution is 2.27. The van der Waals surface area contributed by atoms with Gasteiger partial charge < -0.3 is 15.2 Å². The molecule has 7 heteroatoms. The van der Waals surface area contributed by atoms with Crippen molar-refractivity contribution in [1.82, 2.24) is 20.2 Å². The lowest BCUT2D eigenvalue weighted by atomic mass is 9.95. The van der Waals surface area contributed by atoms with Crippen LogP contribution in [0.15, 0.2) is 67.1 Å². The van der Waals surface area contributed by atoms with Gasteiger partial charge >= 0.3 is 0 Å². The Hall–Kier alpha value is -3.48. The molecule has 4 rings (SSSR count). The van der Waals surface area contributed by atoms with Crippen molar-refractivity contribution in [3.63, 3.8) is 0 Å². The summed E-state index contributed by atoms with van der Waals surface area (Å²) in [5.41, 5.74) is 3.70. The summed E-state index contributed by atoms with van der Waals surface area (Å²) in [7, 11) is 0. The maximum atomic E-state index is 14.3. The van der Waals surface area contributed by atoms with E-state index in [1.807, 2.05) is 42.5 Å².